The van der Waals surface area contributed by atoms with Gasteiger partial charge in [-0.3, -0.25) is 0 Å². The molecule has 3 aromatic rings. The standard InChI is InChI=1S/C16H13BrClNO/c1-19-16(12-4-2-3-5-13(12)17)15-9-10-8-11(18)6-7-14(10)20-15/h2-9,16,19H,1H3. The van der Waals surface area contributed by atoms with E-state index >= 15 is 0 Å². The maximum absolute atomic E-state index is 6.02. The Bertz CT molecular complexity index is 753. The molecule has 0 saturated heterocycles. The molecule has 0 saturated carbocycles. The van der Waals surface area contributed by atoms with Gasteiger partial charge in [-0.2, -0.15) is 0 Å². The first-order valence-electron chi connectivity index (χ1n) is 6.29. The van der Waals surface area contributed by atoms with E-state index in [4.69, 9.17) is 16.0 Å². The predicted octanol–water partition coefficient (Wildman–Crippen LogP) is 5.16. The minimum absolute atomic E-state index is 0.00301. The van der Waals surface area contributed by atoms with Crippen LogP contribution in [0.2, 0.25) is 5.02 Å². The zero-order valence-corrected chi connectivity index (χ0v) is 13.2. The Kier molecular flexibility index (Phi) is 3.83. The Morgan fingerprint density at radius 3 is 2.70 bits per heavy atom. The van der Waals surface area contributed by atoms with Gasteiger partial charge in [0.25, 0.3) is 0 Å². The highest BCUT2D eigenvalue weighted by atomic mass is 79.9. The van der Waals surface area contributed by atoms with Crippen LogP contribution in [0.3, 0.4) is 0 Å². The molecule has 20 heavy (non-hydrogen) atoms. The van der Waals surface area contributed by atoms with Gasteiger partial charge in [0.05, 0.1) is 6.04 Å². The zero-order valence-electron chi connectivity index (χ0n) is 10.9. The van der Waals surface area contributed by atoms with E-state index < -0.39 is 0 Å². The largest absolute Gasteiger partial charge is 0.459 e. The number of hydrogen-bond donors (Lipinski definition) is 1. The van der Waals surface area contributed by atoms with E-state index in [1.165, 1.54) is 0 Å². The molecule has 0 aliphatic rings. The van der Waals surface area contributed by atoms with E-state index in [2.05, 4.69) is 27.3 Å². The van der Waals surface area contributed by atoms with Crippen LogP contribution < -0.4 is 5.32 Å². The fourth-order valence-corrected chi connectivity index (χ4v) is 3.03. The van der Waals surface area contributed by atoms with Crippen LogP contribution in [0.1, 0.15) is 17.4 Å². The Labute approximate surface area is 130 Å². The molecular formula is C16H13BrClNO. The van der Waals surface area contributed by atoms with Crippen molar-refractivity contribution in [3.05, 3.63) is 69.3 Å². The first kappa shape index (κ1) is 13.7. The lowest BCUT2D eigenvalue weighted by molar-refractivity contribution is 0.491. The van der Waals surface area contributed by atoms with Gasteiger partial charge >= 0.3 is 0 Å². The number of benzene rings is 2. The van der Waals surface area contributed by atoms with Crippen LogP contribution in [-0.2, 0) is 0 Å². The summed E-state index contributed by atoms with van der Waals surface area (Å²) in [4.78, 5) is 0. The van der Waals surface area contributed by atoms with Crippen LogP contribution in [0, 0.1) is 0 Å². The summed E-state index contributed by atoms with van der Waals surface area (Å²) in [5.41, 5.74) is 1.98. The SMILES string of the molecule is CNC(c1cc2cc(Cl)ccc2o1)c1ccccc1Br. The number of furan rings is 1. The minimum atomic E-state index is -0.00301. The number of rotatable bonds is 3. The van der Waals surface area contributed by atoms with Crippen molar-refractivity contribution in [2.75, 3.05) is 7.05 Å². The molecule has 2 nitrogen and oxygen atoms in total. The summed E-state index contributed by atoms with van der Waals surface area (Å²) in [5.74, 6) is 0.872. The van der Waals surface area contributed by atoms with E-state index in [1.54, 1.807) is 0 Å². The lowest BCUT2D eigenvalue weighted by atomic mass is 10.0. The molecule has 3 rings (SSSR count). The van der Waals surface area contributed by atoms with Crippen molar-refractivity contribution in [3.63, 3.8) is 0 Å². The Morgan fingerprint density at radius 1 is 1.15 bits per heavy atom. The molecule has 0 amide bonds. The fraction of sp³-hybridized carbons (Fsp3) is 0.125. The third-order valence-electron chi connectivity index (χ3n) is 3.29. The van der Waals surface area contributed by atoms with Crippen molar-refractivity contribution in [2.45, 2.75) is 6.04 Å². The number of hydrogen-bond acceptors (Lipinski definition) is 2. The van der Waals surface area contributed by atoms with E-state index in [-0.39, 0.29) is 6.04 Å². The molecule has 1 aromatic heterocycles. The van der Waals surface area contributed by atoms with Crippen LogP contribution in [0.15, 0.2) is 57.4 Å². The van der Waals surface area contributed by atoms with Gasteiger partial charge in [0.1, 0.15) is 11.3 Å². The first-order valence-corrected chi connectivity index (χ1v) is 7.47. The summed E-state index contributed by atoms with van der Waals surface area (Å²) in [6, 6.07) is 15.8. The fourth-order valence-electron chi connectivity index (χ4n) is 2.34. The van der Waals surface area contributed by atoms with Gasteiger partial charge in [0.15, 0.2) is 0 Å². The van der Waals surface area contributed by atoms with Gasteiger partial charge < -0.3 is 9.73 Å². The molecule has 0 aliphatic heterocycles. The van der Waals surface area contributed by atoms with Gasteiger partial charge in [-0.05, 0) is 42.9 Å². The molecule has 4 heteroatoms. The summed E-state index contributed by atoms with van der Waals surface area (Å²) >= 11 is 9.61. The highest BCUT2D eigenvalue weighted by molar-refractivity contribution is 9.10. The molecule has 0 fully saturated rings. The van der Waals surface area contributed by atoms with Crippen LogP contribution in [0.25, 0.3) is 11.0 Å². The molecule has 1 unspecified atom stereocenters. The molecule has 0 bridgehead atoms. The van der Waals surface area contributed by atoms with Crippen LogP contribution in [0.5, 0.6) is 0 Å². The maximum atomic E-state index is 6.02. The zero-order chi connectivity index (χ0) is 14.1. The van der Waals surface area contributed by atoms with Crippen LogP contribution >= 0.6 is 27.5 Å². The van der Waals surface area contributed by atoms with E-state index in [1.807, 2.05) is 49.5 Å². The van der Waals surface area contributed by atoms with Crippen molar-refractivity contribution < 1.29 is 4.42 Å². The number of fused-ring (bicyclic) bond motifs is 1. The molecule has 0 aliphatic carbocycles. The normalized spacial score (nSPS) is 12.8. The molecule has 1 heterocycles. The summed E-state index contributed by atoms with van der Waals surface area (Å²) in [6.07, 6.45) is 0. The number of nitrogens with one attached hydrogen (secondary N) is 1. The Balaban J connectivity index is 2.10. The maximum Gasteiger partial charge on any atom is 0.134 e. The molecule has 0 spiro atoms. The van der Waals surface area contributed by atoms with Crippen molar-refractivity contribution in [3.8, 4) is 0 Å². The predicted molar refractivity (Wildman–Crippen MR) is 86.3 cm³/mol. The lowest BCUT2D eigenvalue weighted by Gasteiger charge is -2.15. The van der Waals surface area contributed by atoms with Crippen LogP contribution in [0.4, 0.5) is 0 Å². The molecule has 1 atom stereocenters. The highest BCUT2D eigenvalue weighted by Gasteiger charge is 2.18. The third-order valence-corrected chi connectivity index (χ3v) is 4.24. The quantitative estimate of drug-likeness (QED) is 0.706. The van der Waals surface area contributed by atoms with Crippen molar-refractivity contribution in [1.82, 2.24) is 5.32 Å². The minimum Gasteiger partial charge on any atom is -0.459 e. The Morgan fingerprint density at radius 2 is 1.95 bits per heavy atom. The summed E-state index contributed by atoms with van der Waals surface area (Å²) in [6.45, 7) is 0. The van der Waals surface area contributed by atoms with Gasteiger partial charge in [-0.1, -0.05) is 45.7 Å². The van der Waals surface area contributed by atoms with Crippen LogP contribution in [-0.4, -0.2) is 7.05 Å². The smallest absolute Gasteiger partial charge is 0.134 e. The topological polar surface area (TPSA) is 25.2 Å². The Hall–Kier alpha value is -1.29. The van der Waals surface area contributed by atoms with Crippen molar-refractivity contribution >= 4 is 38.5 Å². The van der Waals surface area contributed by atoms with Gasteiger partial charge in [-0.25, -0.2) is 0 Å². The second-order valence-electron chi connectivity index (χ2n) is 4.57. The summed E-state index contributed by atoms with van der Waals surface area (Å²) in [5, 5.41) is 5.02. The van der Waals surface area contributed by atoms with Gasteiger partial charge in [0, 0.05) is 14.9 Å². The molecule has 2 aromatic carbocycles. The van der Waals surface area contributed by atoms with Gasteiger partial charge in [0.2, 0.25) is 0 Å². The molecular weight excluding hydrogens is 338 g/mol. The summed E-state index contributed by atoms with van der Waals surface area (Å²) < 4.78 is 7.00. The molecule has 102 valence electrons. The third kappa shape index (κ3) is 2.49. The molecule has 0 radical (unpaired) electrons. The van der Waals surface area contributed by atoms with Crippen molar-refractivity contribution in [1.29, 1.82) is 0 Å². The lowest BCUT2D eigenvalue weighted by Crippen LogP contribution is -2.17. The number of halogens is 2. The monoisotopic (exact) mass is 349 g/mol. The average molecular weight is 351 g/mol. The molecule has 1 N–H and O–H groups in total. The average Bonchev–Trinajstić information content (AvgIpc) is 2.84. The van der Waals surface area contributed by atoms with E-state index in [9.17, 15) is 0 Å². The second kappa shape index (κ2) is 5.60. The van der Waals surface area contributed by atoms with Crippen molar-refractivity contribution in [2.24, 2.45) is 0 Å². The second-order valence-corrected chi connectivity index (χ2v) is 5.86. The van der Waals surface area contributed by atoms with E-state index in [0.29, 0.717) is 5.02 Å². The van der Waals surface area contributed by atoms with E-state index in [0.717, 1.165) is 26.8 Å². The highest BCUT2D eigenvalue weighted by Crippen LogP contribution is 2.32. The van der Waals surface area contributed by atoms with Gasteiger partial charge in [-0.15, -0.1) is 0 Å². The first-order chi connectivity index (χ1) is 9.69. The summed E-state index contributed by atoms with van der Waals surface area (Å²) in [7, 11) is 1.92.